The highest BCUT2D eigenvalue weighted by Crippen LogP contribution is 2.39. The molecule has 0 aromatic heterocycles. The SMILES string of the molecule is COC(=O)c1ccc2c(c1)NC(=O)C2=C(Nc1ccc(N(C)C(=O)CN(C)C)c(OC)c1)c1ccccc1. The Hall–Kier alpha value is -4.63. The first-order valence-electron chi connectivity index (χ1n) is 11.9. The number of ether oxygens (including phenoxy) is 2. The van der Waals surface area contributed by atoms with E-state index >= 15 is 0 Å². The van der Waals surface area contributed by atoms with Gasteiger partial charge in [0.2, 0.25) is 5.91 Å². The Bertz CT molecular complexity index is 1420. The van der Waals surface area contributed by atoms with Gasteiger partial charge in [-0.3, -0.25) is 9.59 Å². The molecule has 0 aliphatic carbocycles. The molecule has 2 N–H and O–H groups in total. The molecule has 1 heterocycles. The first-order chi connectivity index (χ1) is 18.2. The molecular weight excluding hydrogens is 484 g/mol. The second-order valence-corrected chi connectivity index (χ2v) is 9.02. The van der Waals surface area contributed by atoms with Crippen molar-refractivity contribution in [3.63, 3.8) is 0 Å². The number of esters is 1. The highest BCUT2D eigenvalue weighted by Gasteiger charge is 2.29. The van der Waals surface area contributed by atoms with E-state index in [2.05, 4.69) is 10.6 Å². The summed E-state index contributed by atoms with van der Waals surface area (Å²) in [5, 5.41) is 6.25. The van der Waals surface area contributed by atoms with Gasteiger partial charge in [0, 0.05) is 24.4 Å². The highest BCUT2D eigenvalue weighted by molar-refractivity contribution is 6.37. The van der Waals surface area contributed by atoms with Crippen LogP contribution < -0.4 is 20.3 Å². The summed E-state index contributed by atoms with van der Waals surface area (Å²) >= 11 is 0. The second-order valence-electron chi connectivity index (χ2n) is 9.02. The quantitative estimate of drug-likeness (QED) is 0.347. The van der Waals surface area contributed by atoms with Gasteiger partial charge in [-0.2, -0.15) is 0 Å². The molecule has 4 rings (SSSR count). The van der Waals surface area contributed by atoms with Crippen molar-refractivity contribution >= 4 is 46.1 Å². The molecule has 196 valence electrons. The molecule has 3 aromatic rings. The summed E-state index contributed by atoms with van der Waals surface area (Å²) in [4.78, 5) is 41.2. The molecule has 0 fully saturated rings. The van der Waals surface area contributed by atoms with Gasteiger partial charge in [-0.1, -0.05) is 36.4 Å². The van der Waals surface area contributed by atoms with Crippen LogP contribution in [-0.4, -0.2) is 64.6 Å². The molecule has 0 saturated heterocycles. The number of nitrogens with one attached hydrogen (secondary N) is 2. The average Bonchev–Trinajstić information content (AvgIpc) is 3.25. The molecular formula is C29H30N4O5. The van der Waals surface area contributed by atoms with Crippen LogP contribution in [0.5, 0.6) is 5.75 Å². The van der Waals surface area contributed by atoms with Gasteiger partial charge in [0.25, 0.3) is 5.91 Å². The first-order valence-corrected chi connectivity index (χ1v) is 11.9. The Morgan fingerprint density at radius 2 is 1.66 bits per heavy atom. The lowest BCUT2D eigenvalue weighted by molar-refractivity contribution is -0.119. The van der Waals surface area contributed by atoms with Crippen molar-refractivity contribution in [3.05, 3.63) is 83.4 Å². The lowest BCUT2D eigenvalue weighted by Gasteiger charge is -2.23. The Morgan fingerprint density at radius 3 is 2.32 bits per heavy atom. The predicted molar refractivity (Wildman–Crippen MR) is 148 cm³/mol. The number of carbonyl (C=O) groups excluding carboxylic acids is 3. The van der Waals surface area contributed by atoms with E-state index in [0.29, 0.717) is 45.2 Å². The fourth-order valence-electron chi connectivity index (χ4n) is 4.24. The van der Waals surface area contributed by atoms with Crippen LogP contribution >= 0.6 is 0 Å². The van der Waals surface area contributed by atoms with Gasteiger partial charge in [0.1, 0.15) is 5.75 Å². The van der Waals surface area contributed by atoms with E-state index in [1.165, 1.54) is 7.11 Å². The Balaban J connectivity index is 1.77. The Morgan fingerprint density at radius 1 is 0.921 bits per heavy atom. The molecule has 0 atom stereocenters. The van der Waals surface area contributed by atoms with Crippen LogP contribution in [0.4, 0.5) is 17.1 Å². The van der Waals surface area contributed by atoms with Gasteiger partial charge in [-0.15, -0.1) is 0 Å². The number of benzene rings is 3. The van der Waals surface area contributed by atoms with Gasteiger partial charge in [0.15, 0.2) is 0 Å². The Labute approximate surface area is 221 Å². The third kappa shape index (κ3) is 5.37. The number of carbonyl (C=O) groups is 3. The molecule has 0 radical (unpaired) electrons. The van der Waals surface area contributed by atoms with Crippen molar-refractivity contribution in [1.29, 1.82) is 0 Å². The molecule has 9 nitrogen and oxygen atoms in total. The molecule has 0 spiro atoms. The fraction of sp³-hybridized carbons (Fsp3) is 0.207. The second kappa shape index (κ2) is 11.2. The van der Waals surface area contributed by atoms with E-state index in [1.807, 2.05) is 50.5 Å². The van der Waals surface area contributed by atoms with E-state index < -0.39 is 5.97 Å². The van der Waals surface area contributed by atoms with Crippen LogP contribution in [-0.2, 0) is 14.3 Å². The third-order valence-electron chi connectivity index (χ3n) is 6.13. The van der Waals surface area contributed by atoms with E-state index in [9.17, 15) is 14.4 Å². The van der Waals surface area contributed by atoms with Gasteiger partial charge in [0.05, 0.1) is 49.0 Å². The maximum atomic E-state index is 13.2. The summed E-state index contributed by atoms with van der Waals surface area (Å²) in [6.45, 7) is 0.260. The minimum absolute atomic E-state index is 0.0772. The van der Waals surface area contributed by atoms with E-state index in [4.69, 9.17) is 9.47 Å². The van der Waals surface area contributed by atoms with Crippen molar-refractivity contribution < 1.29 is 23.9 Å². The zero-order valence-electron chi connectivity index (χ0n) is 22.0. The van der Waals surface area contributed by atoms with Crippen molar-refractivity contribution in [1.82, 2.24) is 4.90 Å². The fourth-order valence-corrected chi connectivity index (χ4v) is 4.24. The molecule has 2 amide bonds. The summed E-state index contributed by atoms with van der Waals surface area (Å²) in [6.07, 6.45) is 0. The van der Waals surface area contributed by atoms with E-state index in [0.717, 1.165) is 5.56 Å². The van der Waals surface area contributed by atoms with Crippen LogP contribution in [0.25, 0.3) is 11.3 Å². The topological polar surface area (TPSA) is 100 Å². The number of amides is 2. The van der Waals surface area contributed by atoms with Crippen molar-refractivity contribution in [2.45, 2.75) is 0 Å². The lowest BCUT2D eigenvalue weighted by atomic mass is 9.99. The Kier molecular flexibility index (Phi) is 7.78. The molecule has 1 aliphatic heterocycles. The van der Waals surface area contributed by atoms with Crippen LogP contribution in [0.1, 0.15) is 21.5 Å². The number of nitrogens with zero attached hydrogens (tertiary/aromatic N) is 2. The zero-order valence-corrected chi connectivity index (χ0v) is 22.0. The third-order valence-corrected chi connectivity index (χ3v) is 6.13. The van der Waals surface area contributed by atoms with Crippen LogP contribution in [0.2, 0.25) is 0 Å². The number of hydrogen-bond donors (Lipinski definition) is 2. The predicted octanol–water partition coefficient (Wildman–Crippen LogP) is 3.94. The number of hydrogen-bond acceptors (Lipinski definition) is 7. The van der Waals surface area contributed by atoms with Crippen molar-refractivity contribution in [2.75, 3.05) is 57.4 Å². The number of fused-ring (bicyclic) bond motifs is 1. The average molecular weight is 515 g/mol. The molecule has 0 bridgehead atoms. The summed E-state index contributed by atoms with van der Waals surface area (Å²) in [5.74, 6) is -0.360. The van der Waals surface area contributed by atoms with Gasteiger partial charge in [-0.25, -0.2) is 4.79 Å². The minimum atomic E-state index is -0.484. The molecule has 0 saturated carbocycles. The summed E-state index contributed by atoms with van der Waals surface area (Å²) < 4.78 is 10.4. The molecule has 38 heavy (non-hydrogen) atoms. The number of anilines is 3. The van der Waals surface area contributed by atoms with Gasteiger partial charge < -0.3 is 29.9 Å². The number of rotatable bonds is 8. The van der Waals surface area contributed by atoms with E-state index in [1.54, 1.807) is 54.3 Å². The number of likely N-dealkylation sites (N-methyl/N-ethyl adjacent to an activating group) is 2. The molecule has 9 heteroatoms. The van der Waals surface area contributed by atoms with Gasteiger partial charge in [-0.05, 0) is 43.9 Å². The summed E-state index contributed by atoms with van der Waals surface area (Å²) in [7, 11) is 8.23. The minimum Gasteiger partial charge on any atom is -0.494 e. The van der Waals surface area contributed by atoms with Crippen LogP contribution in [0.3, 0.4) is 0 Å². The summed E-state index contributed by atoms with van der Waals surface area (Å²) in [6, 6.07) is 19.9. The smallest absolute Gasteiger partial charge is 0.337 e. The zero-order chi connectivity index (χ0) is 27.4. The van der Waals surface area contributed by atoms with Crippen LogP contribution in [0.15, 0.2) is 66.7 Å². The standard InChI is InChI=1S/C29H30N4O5/c1-32(2)17-25(34)33(3)23-14-12-20(16-24(23)37-4)30-27(18-9-7-6-8-10-18)26-21-13-11-19(29(36)38-5)15-22(21)31-28(26)35/h6-16,30H,17H2,1-5H3,(H,31,35). The molecule has 0 unspecified atom stereocenters. The molecule has 3 aromatic carbocycles. The van der Waals surface area contributed by atoms with Crippen LogP contribution in [0, 0.1) is 0 Å². The normalized spacial score (nSPS) is 13.5. The maximum absolute atomic E-state index is 13.2. The largest absolute Gasteiger partial charge is 0.494 e. The number of methoxy groups -OCH3 is 2. The lowest BCUT2D eigenvalue weighted by Crippen LogP contribution is -2.35. The first kappa shape index (κ1) is 26.4. The maximum Gasteiger partial charge on any atom is 0.337 e. The molecule has 1 aliphatic rings. The highest BCUT2D eigenvalue weighted by atomic mass is 16.5. The van der Waals surface area contributed by atoms with E-state index in [-0.39, 0.29) is 18.4 Å². The summed E-state index contributed by atoms with van der Waals surface area (Å²) in [5.41, 5.74) is 4.63. The monoisotopic (exact) mass is 514 g/mol. The van der Waals surface area contributed by atoms with Gasteiger partial charge >= 0.3 is 5.97 Å². The van der Waals surface area contributed by atoms with Crippen molar-refractivity contribution in [3.8, 4) is 5.75 Å². The van der Waals surface area contributed by atoms with Crippen molar-refractivity contribution in [2.24, 2.45) is 0 Å².